The number of carboxylic acids is 1. The number of hydrogen-bond acceptors (Lipinski definition) is 5. The maximum Gasteiger partial charge on any atom is 0.339 e. The van der Waals surface area contributed by atoms with Crippen LogP contribution in [0.3, 0.4) is 0 Å². The average Bonchev–Trinajstić information content (AvgIpc) is 2.48. The molecule has 0 aliphatic rings. The lowest BCUT2D eigenvalue weighted by molar-refractivity contribution is -0.131. The van der Waals surface area contributed by atoms with Crippen LogP contribution in [0.15, 0.2) is 53.4 Å². The first-order chi connectivity index (χ1) is 10.8. The van der Waals surface area contributed by atoms with Crippen LogP contribution in [0.2, 0.25) is 0 Å². The van der Waals surface area contributed by atoms with E-state index in [1.54, 1.807) is 12.1 Å². The van der Waals surface area contributed by atoms with Gasteiger partial charge in [0.05, 0.1) is 0 Å². The van der Waals surface area contributed by atoms with E-state index < -0.39 is 16.1 Å². The quantitative estimate of drug-likeness (QED) is 0.644. The molecule has 0 spiro atoms. The van der Waals surface area contributed by atoms with Crippen molar-refractivity contribution < 1.29 is 27.6 Å². The van der Waals surface area contributed by atoms with Crippen molar-refractivity contribution in [3.8, 4) is 11.5 Å². The molecular weight excluding hydrogens is 320 g/mol. The first-order valence-electron chi connectivity index (χ1n) is 6.53. The number of phenols is 1. The number of rotatable bonds is 5. The first kappa shape index (κ1) is 16.6. The highest BCUT2D eigenvalue weighted by Gasteiger charge is 2.17. The SMILES string of the molecule is Cc1ccc(S(=O)(=O)Oc2ccc(O)c(/C=C/C(=O)O)c2)cc1. The van der Waals surface area contributed by atoms with Crippen LogP contribution in [-0.4, -0.2) is 24.6 Å². The zero-order valence-corrected chi connectivity index (χ0v) is 12.9. The molecule has 23 heavy (non-hydrogen) atoms. The summed E-state index contributed by atoms with van der Waals surface area (Å²) in [7, 11) is -4.01. The van der Waals surface area contributed by atoms with Gasteiger partial charge in [-0.15, -0.1) is 0 Å². The van der Waals surface area contributed by atoms with Crippen molar-refractivity contribution >= 4 is 22.2 Å². The third kappa shape index (κ3) is 4.33. The molecule has 0 fully saturated rings. The average molecular weight is 334 g/mol. The van der Waals surface area contributed by atoms with Crippen molar-refractivity contribution in [2.75, 3.05) is 0 Å². The molecule has 0 saturated heterocycles. The van der Waals surface area contributed by atoms with Gasteiger partial charge in [0, 0.05) is 11.6 Å². The van der Waals surface area contributed by atoms with Crippen LogP contribution in [0.1, 0.15) is 11.1 Å². The summed E-state index contributed by atoms with van der Waals surface area (Å²) in [6.45, 7) is 1.83. The van der Waals surface area contributed by atoms with Gasteiger partial charge in [-0.3, -0.25) is 0 Å². The second-order valence-electron chi connectivity index (χ2n) is 4.74. The zero-order valence-electron chi connectivity index (χ0n) is 12.1. The fourth-order valence-electron chi connectivity index (χ4n) is 1.76. The lowest BCUT2D eigenvalue weighted by atomic mass is 10.2. The molecule has 2 aromatic carbocycles. The van der Waals surface area contributed by atoms with Crippen molar-refractivity contribution in [3.05, 3.63) is 59.7 Å². The van der Waals surface area contributed by atoms with Crippen molar-refractivity contribution in [2.45, 2.75) is 11.8 Å². The summed E-state index contributed by atoms with van der Waals surface area (Å²) in [5.41, 5.74) is 1.04. The maximum absolute atomic E-state index is 12.2. The van der Waals surface area contributed by atoms with Crippen molar-refractivity contribution in [2.24, 2.45) is 0 Å². The molecule has 0 bridgehead atoms. The van der Waals surface area contributed by atoms with E-state index >= 15 is 0 Å². The van der Waals surface area contributed by atoms with E-state index in [1.807, 2.05) is 6.92 Å². The molecule has 0 unspecified atom stereocenters. The first-order valence-corrected chi connectivity index (χ1v) is 7.94. The molecule has 0 heterocycles. The Kier molecular flexibility index (Phi) is 4.71. The minimum atomic E-state index is -4.01. The topological polar surface area (TPSA) is 101 Å². The summed E-state index contributed by atoms with van der Waals surface area (Å²) in [6.07, 6.45) is 1.97. The van der Waals surface area contributed by atoms with Crippen LogP contribution >= 0.6 is 0 Å². The lowest BCUT2D eigenvalue weighted by Crippen LogP contribution is -2.09. The predicted molar refractivity (Wildman–Crippen MR) is 83.8 cm³/mol. The Labute approximate surface area is 133 Å². The van der Waals surface area contributed by atoms with Crippen molar-refractivity contribution in [3.63, 3.8) is 0 Å². The van der Waals surface area contributed by atoms with Gasteiger partial charge in [0.2, 0.25) is 0 Å². The highest BCUT2D eigenvalue weighted by atomic mass is 32.2. The second kappa shape index (κ2) is 6.53. The monoisotopic (exact) mass is 334 g/mol. The Balaban J connectivity index is 2.31. The molecule has 6 nitrogen and oxygen atoms in total. The van der Waals surface area contributed by atoms with Gasteiger partial charge in [-0.2, -0.15) is 8.42 Å². The Morgan fingerprint density at radius 3 is 2.39 bits per heavy atom. The van der Waals surface area contributed by atoms with Gasteiger partial charge >= 0.3 is 16.1 Å². The second-order valence-corrected chi connectivity index (χ2v) is 6.29. The number of benzene rings is 2. The number of carboxylic acid groups (broad SMARTS) is 1. The predicted octanol–water partition coefficient (Wildman–Crippen LogP) is 2.57. The summed E-state index contributed by atoms with van der Waals surface area (Å²) >= 11 is 0. The van der Waals surface area contributed by atoms with E-state index in [9.17, 15) is 18.3 Å². The number of aryl methyl sites for hydroxylation is 1. The van der Waals surface area contributed by atoms with E-state index in [0.29, 0.717) is 0 Å². The largest absolute Gasteiger partial charge is 0.507 e. The molecular formula is C16H14O6S. The molecule has 7 heteroatoms. The molecule has 0 aliphatic carbocycles. The molecule has 120 valence electrons. The number of carbonyl (C=O) groups is 1. The minimum Gasteiger partial charge on any atom is -0.507 e. The van der Waals surface area contributed by atoms with E-state index in [2.05, 4.69) is 0 Å². The molecule has 0 aromatic heterocycles. The van der Waals surface area contributed by atoms with Gasteiger partial charge in [0.25, 0.3) is 0 Å². The van der Waals surface area contributed by atoms with Gasteiger partial charge in [-0.1, -0.05) is 17.7 Å². The molecule has 0 amide bonds. The third-order valence-electron chi connectivity index (χ3n) is 2.92. The highest BCUT2D eigenvalue weighted by Crippen LogP contribution is 2.26. The fraction of sp³-hybridized carbons (Fsp3) is 0.0625. The fourth-order valence-corrected chi connectivity index (χ4v) is 2.68. The summed E-state index contributed by atoms with van der Waals surface area (Å²) in [4.78, 5) is 10.5. The third-order valence-corrected chi connectivity index (χ3v) is 4.18. The van der Waals surface area contributed by atoms with Crippen LogP contribution in [0.25, 0.3) is 6.08 Å². The van der Waals surface area contributed by atoms with Crippen LogP contribution < -0.4 is 4.18 Å². The summed E-state index contributed by atoms with van der Waals surface area (Å²) < 4.78 is 29.4. The molecule has 0 aliphatic heterocycles. The van der Waals surface area contributed by atoms with Crippen LogP contribution in [-0.2, 0) is 14.9 Å². The summed E-state index contributed by atoms with van der Waals surface area (Å²) in [6, 6.07) is 9.88. The van der Waals surface area contributed by atoms with Crippen LogP contribution in [0, 0.1) is 6.92 Å². The summed E-state index contributed by atoms with van der Waals surface area (Å²) in [5, 5.41) is 18.2. The highest BCUT2D eigenvalue weighted by molar-refractivity contribution is 7.87. The molecule has 0 atom stereocenters. The Hall–Kier alpha value is -2.80. The standard InChI is InChI=1S/C16H14O6S/c1-11-2-6-14(7-3-11)23(20,21)22-13-5-8-15(17)12(10-13)4-9-16(18)19/h2-10,17H,1H3,(H,18,19)/b9-4+. The van der Waals surface area contributed by atoms with Crippen LogP contribution in [0.4, 0.5) is 0 Å². The van der Waals surface area contributed by atoms with Gasteiger partial charge in [-0.25, -0.2) is 4.79 Å². The number of aliphatic carboxylic acids is 1. The van der Waals surface area contributed by atoms with E-state index in [-0.39, 0.29) is 22.0 Å². The smallest absolute Gasteiger partial charge is 0.339 e. The van der Waals surface area contributed by atoms with E-state index in [0.717, 1.165) is 17.7 Å². The van der Waals surface area contributed by atoms with Gasteiger partial charge in [-0.05, 0) is 43.3 Å². The van der Waals surface area contributed by atoms with Gasteiger partial charge in [0.1, 0.15) is 16.4 Å². The van der Waals surface area contributed by atoms with Gasteiger partial charge < -0.3 is 14.4 Å². The van der Waals surface area contributed by atoms with Gasteiger partial charge in [0.15, 0.2) is 0 Å². The summed E-state index contributed by atoms with van der Waals surface area (Å²) in [5.74, 6) is -1.42. The zero-order chi connectivity index (χ0) is 17.0. The molecule has 2 N–H and O–H groups in total. The number of phenolic OH excluding ortho intramolecular Hbond substituents is 1. The Morgan fingerprint density at radius 1 is 1.13 bits per heavy atom. The molecule has 2 aromatic rings. The Morgan fingerprint density at radius 2 is 1.78 bits per heavy atom. The maximum atomic E-state index is 12.2. The Bertz CT molecular complexity index is 851. The normalized spacial score (nSPS) is 11.5. The number of hydrogen-bond donors (Lipinski definition) is 2. The molecule has 0 radical (unpaired) electrons. The number of aromatic hydroxyl groups is 1. The molecule has 0 saturated carbocycles. The molecule has 2 rings (SSSR count). The van der Waals surface area contributed by atoms with Crippen LogP contribution in [0.5, 0.6) is 11.5 Å². The van der Waals surface area contributed by atoms with Crippen molar-refractivity contribution in [1.82, 2.24) is 0 Å². The van der Waals surface area contributed by atoms with E-state index in [4.69, 9.17) is 9.29 Å². The lowest BCUT2D eigenvalue weighted by Gasteiger charge is -2.08. The minimum absolute atomic E-state index is 0.00111. The van der Waals surface area contributed by atoms with Crippen molar-refractivity contribution in [1.29, 1.82) is 0 Å². The van der Waals surface area contributed by atoms with E-state index in [1.165, 1.54) is 30.3 Å².